The molecule has 160 valence electrons. The lowest BCUT2D eigenvalue weighted by molar-refractivity contribution is -0.115. The van der Waals surface area contributed by atoms with E-state index in [4.69, 9.17) is 4.74 Å². The number of rotatable bonds is 7. The van der Waals surface area contributed by atoms with Crippen molar-refractivity contribution >= 4 is 51.6 Å². The smallest absolute Gasteiger partial charge is 0.341 e. The minimum Gasteiger partial charge on any atom is -0.462 e. The summed E-state index contributed by atoms with van der Waals surface area (Å²) in [6, 6.07) is 7.35. The summed E-state index contributed by atoms with van der Waals surface area (Å²) >= 11 is 2.92. The minimum atomic E-state index is -0.360. The highest BCUT2D eigenvalue weighted by Gasteiger charge is 2.28. The van der Waals surface area contributed by atoms with Crippen LogP contribution in [-0.2, 0) is 27.2 Å². The predicted octanol–water partition coefficient (Wildman–Crippen LogP) is 4.88. The van der Waals surface area contributed by atoms with Gasteiger partial charge in [0, 0.05) is 22.4 Å². The number of hydrogen-bond acceptors (Lipinski definition) is 6. The Kier molecular flexibility index (Phi) is 7.55. The number of hydrogen-bond donors (Lipinski definition) is 2. The molecule has 1 atom stereocenters. The summed E-state index contributed by atoms with van der Waals surface area (Å²) in [7, 11) is 0. The molecule has 2 amide bonds. The fourth-order valence-electron chi connectivity index (χ4n) is 3.36. The first-order chi connectivity index (χ1) is 14.4. The number of carbonyl (C=O) groups is 3. The molecular weight excluding hydrogens is 420 g/mol. The molecule has 0 saturated carbocycles. The third kappa shape index (κ3) is 5.43. The van der Waals surface area contributed by atoms with E-state index in [-0.39, 0.29) is 23.0 Å². The van der Waals surface area contributed by atoms with E-state index in [1.54, 1.807) is 19.1 Å². The maximum Gasteiger partial charge on any atom is 0.341 e. The monoisotopic (exact) mass is 446 g/mol. The van der Waals surface area contributed by atoms with Gasteiger partial charge in [0.15, 0.2) is 0 Å². The van der Waals surface area contributed by atoms with Crippen LogP contribution < -0.4 is 10.6 Å². The molecule has 8 heteroatoms. The first-order valence-corrected chi connectivity index (χ1v) is 11.8. The molecule has 0 radical (unpaired) electrons. The highest BCUT2D eigenvalue weighted by Crippen LogP contribution is 2.39. The minimum absolute atomic E-state index is 0.126. The van der Waals surface area contributed by atoms with Gasteiger partial charge in [0.1, 0.15) is 5.00 Å². The zero-order valence-electron chi connectivity index (χ0n) is 17.4. The van der Waals surface area contributed by atoms with Crippen LogP contribution in [0.3, 0.4) is 0 Å². The third-order valence-electron chi connectivity index (χ3n) is 4.74. The van der Waals surface area contributed by atoms with Crippen molar-refractivity contribution in [3.05, 3.63) is 40.3 Å². The largest absolute Gasteiger partial charge is 0.462 e. The Morgan fingerprint density at radius 2 is 1.83 bits per heavy atom. The van der Waals surface area contributed by atoms with Crippen LogP contribution in [0.5, 0.6) is 0 Å². The first kappa shape index (κ1) is 22.4. The van der Waals surface area contributed by atoms with Crippen molar-refractivity contribution in [3.8, 4) is 0 Å². The van der Waals surface area contributed by atoms with Crippen LogP contribution in [0.1, 0.15) is 54.4 Å². The first-order valence-electron chi connectivity index (χ1n) is 10.1. The number of carbonyl (C=O) groups excluding carboxylic acids is 3. The maximum absolute atomic E-state index is 12.8. The second kappa shape index (κ2) is 10.1. The van der Waals surface area contributed by atoms with E-state index in [0.717, 1.165) is 36.1 Å². The number of anilines is 2. The van der Waals surface area contributed by atoms with Crippen LogP contribution >= 0.6 is 23.1 Å². The maximum atomic E-state index is 12.8. The molecule has 1 aliphatic carbocycles. The second-order valence-electron chi connectivity index (χ2n) is 7.09. The second-order valence-corrected chi connectivity index (χ2v) is 9.61. The Morgan fingerprint density at radius 3 is 2.50 bits per heavy atom. The van der Waals surface area contributed by atoms with Crippen LogP contribution in [0.2, 0.25) is 0 Å². The van der Waals surface area contributed by atoms with Crippen molar-refractivity contribution < 1.29 is 19.1 Å². The summed E-state index contributed by atoms with van der Waals surface area (Å²) in [6.07, 6.45) is 3.93. The molecule has 3 rings (SSSR count). The Bertz CT molecular complexity index is 937. The van der Waals surface area contributed by atoms with Crippen molar-refractivity contribution in [1.82, 2.24) is 0 Å². The molecule has 0 spiro atoms. The summed E-state index contributed by atoms with van der Waals surface area (Å²) in [5, 5.41) is 5.93. The van der Waals surface area contributed by atoms with Gasteiger partial charge in [0.05, 0.1) is 17.4 Å². The number of thioether (sulfide) groups is 1. The lowest BCUT2D eigenvalue weighted by Gasteiger charge is -2.14. The molecular formula is C22H26N2O4S2. The van der Waals surface area contributed by atoms with Gasteiger partial charge in [-0.1, -0.05) is 0 Å². The van der Waals surface area contributed by atoms with E-state index in [1.165, 1.54) is 34.9 Å². The number of aryl methyl sites for hydroxylation is 1. The molecule has 0 saturated heterocycles. The molecule has 2 N–H and O–H groups in total. The Morgan fingerprint density at radius 1 is 1.13 bits per heavy atom. The quantitative estimate of drug-likeness (QED) is 0.468. The van der Waals surface area contributed by atoms with Crippen LogP contribution in [0.15, 0.2) is 29.2 Å². The van der Waals surface area contributed by atoms with E-state index in [1.807, 2.05) is 19.1 Å². The number of fused-ring (bicyclic) bond motifs is 1. The van der Waals surface area contributed by atoms with Gasteiger partial charge in [-0.25, -0.2) is 4.79 Å². The molecule has 1 unspecified atom stereocenters. The standard InChI is InChI=1S/C22H26N2O4S2/c1-4-28-22(27)19-17-7-5-6-8-18(17)30-21(19)24-20(26)13(2)29-16-11-9-15(10-12-16)23-14(3)25/h9-13H,4-8H2,1-3H3,(H,23,25)(H,24,26). The molecule has 6 nitrogen and oxygen atoms in total. The summed E-state index contributed by atoms with van der Waals surface area (Å²) < 4.78 is 5.25. The topological polar surface area (TPSA) is 84.5 Å². The highest BCUT2D eigenvalue weighted by atomic mass is 32.2. The summed E-state index contributed by atoms with van der Waals surface area (Å²) in [4.78, 5) is 38.6. The van der Waals surface area contributed by atoms with Crippen molar-refractivity contribution in [2.45, 2.75) is 56.6 Å². The number of benzene rings is 1. The van der Waals surface area contributed by atoms with Crippen molar-refractivity contribution in [2.24, 2.45) is 0 Å². The molecule has 0 bridgehead atoms. The van der Waals surface area contributed by atoms with Crippen molar-refractivity contribution in [1.29, 1.82) is 0 Å². The average Bonchev–Trinajstić information content (AvgIpc) is 3.07. The summed E-state index contributed by atoms with van der Waals surface area (Å²) in [5.74, 6) is -0.643. The number of thiophene rings is 1. The third-order valence-corrected chi connectivity index (χ3v) is 7.06. The van der Waals surface area contributed by atoms with Crippen LogP contribution in [0.4, 0.5) is 10.7 Å². The Hall–Kier alpha value is -2.32. The molecule has 1 aliphatic rings. The number of amides is 2. The van der Waals surface area contributed by atoms with E-state index in [2.05, 4.69) is 10.6 Å². The summed E-state index contributed by atoms with van der Waals surface area (Å²) in [6.45, 7) is 5.38. The predicted molar refractivity (Wildman–Crippen MR) is 122 cm³/mol. The van der Waals surface area contributed by atoms with E-state index >= 15 is 0 Å². The molecule has 1 heterocycles. The van der Waals surface area contributed by atoms with Crippen LogP contribution in [-0.4, -0.2) is 29.6 Å². The normalized spacial score (nSPS) is 13.8. The van der Waals surface area contributed by atoms with E-state index in [9.17, 15) is 14.4 Å². The lowest BCUT2D eigenvalue weighted by atomic mass is 9.95. The van der Waals surface area contributed by atoms with Gasteiger partial charge in [-0.05, 0) is 69.4 Å². The Balaban J connectivity index is 1.71. The molecule has 1 aromatic carbocycles. The van der Waals surface area contributed by atoms with Crippen LogP contribution in [0.25, 0.3) is 0 Å². The lowest BCUT2D eigenvalue weighted by Crippen LogP contribution is -2.23. The van der Waals surface area contributed by atoms with Gasteiger partial charge in [-0.3, -0.25) is 9.59 Å². The number of nitrogens with one attached hydrogen (secondary N) is 2. The fourth-order valence-corrected chi connectivity index (χ4v) is 5.51. The fraction of sp³-hybridized carbons (Fsp3) is 0.409. The van der Waals surface area contributed by atoms with E-state index < -0.39 is 0 Å². The number of esters is 1. The SMILES string of the molecule is CCOC(=O)c1c(NC(=O)C(C)Sc2ccc(NC(C)=O)cc2)sc2c1CCCC2. The van der Waals surface area contributed by atoms with Crippen molar-refractivity contribution in [3.63, 3.8) is 0 Å². The van der Waals surface area contributed by atoms with Crippen LogP contribution in [0, 0.1) is 0 Å². The molecule has 0 aliphatic heterocycles. The van der Waals surface area contributed by atoms with Crippen molar-refractivity contribution in [2.75, 3.05) is 17.2 Å². The molecule has 0 fully saturated rings. The van der Waals surface area contributed by atoms with Gasteiger partial charge in [-0.2, -0.15) is 0 Å². The Labute approximate surface area is 184 Å². The zero-order chi connectivity index (χ0) is 21.7. The van der Waals surface area contributed by atoms with Gasteiger partial charge in [0.25, 0.3) is 0 Å². The molecule has 1 aromatic heterocycles. The number of ether oxygens (including phenoxy) is 1. The molecule has 2 aromatic rings. The highest BCUT2D eigenvalue weighted by molar-refractivity contribution is 8.00. The van der Waals surface area contributed by atoms with Gasteiger partial charge < -0.3 is 15.4 Å². The zero-order valence-corrected chi connectivity index (χ0v) is 19.0. The van der Waals surface area contributed by atoms with Gasteiger partial charge in [0.2, 0.25) is 11.8 Å². The van der Waals surface area contributed by atoms with Gasteiger partial charge in [-0.15, -0.1) is 23.1 Å². The molecule has 30 heavy (non-hydrogen) atoms. The van der Waals surface area contributed by atoms with Gasteiger partial charge >= 0.3 is 5.97 Å². The summed E-state index contributed by atoms with van der Waals surface area (Å²) in [5.41, 5.74) is 2.28. The average molecular weight is 447 g/mol. The van der Waals surface area contributed by atoms with E-state index in [0.29, 0.717) is 22.9 Å².